The van der Waals surface area contributed by atoms with Crippen LogP contribution in [0, 0.1) is 18.3 Å². The van der Waals surface area contributed by atoms with E-state index < -0.39 is 0 Å². The number of aromatic nitrogens is 1. The number of hydrogen-bond acceptors (Lipinski definition) is 1. The highest BCUT2D eigenvalue weighted by molar-refractivity contribution is 5.97. The van der Waals surface area contributed by atoms with Crippen LogP contribution in [0.3, 0.4) is 0 Å². The molecule has 1 heterocycles. The third kappa shape index (κ3) is 5.30. The Labute approximate surface area is 230 Å². The minimum Gasteiger partial charge on any atom is -0.310 e. The third-order valence-corrected chi connectivity index (χ3v) is 7.00. The molecule has 0 N–H and O–H groups in total. The quantitative estimate of drug-likeness (QED) is 0.194. The Morgan fingerprint density at radius 2 is 1.54 bits per heavy atom. The van der Waals surface area contributed by atoms with Crippen LogP contribution < -0.4 is 0 Å². The average Bonchev–Trinajstić information content (AvgIpc) is 3.27. The molecule has 0 saturated carbocycles. The number of nitriles is 1. The molecule has 0 bridgehead atoms. The Bertz CT molecular complexity index is 1760. The molecule has 2 heteroatoms. The first-order chi connectivity index (χ1) is 19.1. The molecule has 0 fully saturated rings. The highest BCUT2D eigenvalue weighted by Crippen LogP contribution is 2.35. The lowest BCUT2D eigenvalue weighted by Gasteiger charge is -2.12. The van der Waals surface area contributed by atoms with E-state index in [1.54, 1.807) is 0 Å². The number of hydrogen-bond donors (Lipinski definition) is 0. The second-order valence-electron chi connectivity index (χ2n) is 9.45. The van der Waals surface area contributed by atoms with Crippen LogP contribution in [0.4, 0.5) is 0 Å². The smallest absolute Gasteiger partial charge is 0.0663 e. The van der Waals surface area contributed by atoms with Gasteiger partial charge in [0.15, 0.2) is 0 Å². The molecule has 2 nitrogen and oxygen atoms in total. The van der Waals surface area contributed by atoms with E-state index in [1.165, 1.54) is 10.9 Å². The number of aryl methyl sites for hydroxylation is 1. The molecule has 0 unspecified atom stereocenters. The van der Waals surface area contributed by atoms with Gasteiger partial charge in [0, 0.05) is 11.1 Å². The van der Waals surface area contributed by atoms with Gasteiger partial charge in [0.25, 0.3) is 0 Å². The third-order valence-electron chi connectivity index (χ3n) is 7.00. The lowest BCUT2D eigenvalue weighted by Crippen LogP contribution is -1.97. The number of fused-ring (bicyclic) bond motifs is 1. The second kappa shape index (κ2) is 11.5. The summed E-state index contributed by atoms with van der Waals surface area (Å²) in [7, 11) is 0. The van der Waals surface area contributed by atoms with Crippen molar-refractivity contribution in [3.63, 3.8) is 0 Å². The standard InChI is InChI=1S/C37H30N2/c1-4-29(30-15-7-5-8-16-30)25-36-28(3)35-22-21-33(26-37(35)39(36)34-19-9-6-10-20-34)32-18-13-17-31(24-32)27(2)14-11-12-23-38/h4-11,13-22,24-26H,1-2,12H2,3H3/b14-11-,29-25+. The molecular weight excluding hydrogens is 472 g/mol. The first kappa shape index (κ1) is 25.5. The zero-order valence-corrected chi connectivity index (χ0v) is 22.1. The highest BCUT2D eigenvalue weighted by atomic mass is 15.0. The maximum absolute atomic E-state index is 8.83. The fourth-order valence-electron chi connectivity index (χ4n) is 4.96. The Balaban J connectivity index is 1.68. The minimum absolute atomic E-state index is 0.375. The van der Waals surface area contributed by atoms with Crippen LogP contribution in [0.2, 0.25) is 0 Å². The Hall–Kier alpha value is -5.13. The van der Waals surface area contributed by atoms with Crippen LogP contribution in [0.15, 0.2) is 135 Å². The van der Waals surface area contributed by atoms with E-state index in [-0.39, 0.29) is 0 Å². The summed E-state index contributed by atoms with van der Waals surface area (Å²) in [5, 5.41) is 10.0. The van der Waals surface area contributed by atoms with Gasteiger partial charge in [0.05, 0.1) is 23.7 Å². The van der Waals surface area contributed by atoms with Gasteiger partial charge >= 0.3 is 0 Å². The molecule has 0 aliphatic rings. The monoisotopic (exact) mass is 502 g/mol. The van der Waals surface area contributed by atoms with Crippen LogP contribution in [0.25, 0.3) is 44.9 Å². The van der Waals surface area contributed by atoms with E-state index in [2.05, 4.69) is 128 Å². The zero-order valence-electron chi connectivity index (χ0n) is 22.1. The van der Waals surface area contributed by atoms with Crippen molar-refractivity contribution < 1.29 is 0 Å². The summed E-state index contributed by atoms with van der Waals surface area (Å²) in [5.74, 6) is 0. The number of rotatable bonds is 8. The Morgan fingerprint density at radius 1 is 0.846 bits per heavy atom. The van der Waals surface area contributed by atoms with Crippen molar-refractivity contribution in [3.8, 4) is 22.9 Å². The summed E-state index contributed by atoms with van der Waals surface area (Å²) in [6.45, 7) is 10.5. The summed E-state index contributed by atoms with van der Waals surface area (Å²) >= 11 is 0. The normalized spacial score (nSPS) is 11.5. The predicted octanol–water partition coefficient (Wildman–Crippen LogP) is 9.82. The summed E-state index contributed by atoms with van der Waals surface area (Å²) < 4.78 is 2.34. The van der Waals surface area contributed by atoms with Crippen molar-refractivity contribution >= 4 is 28.1 Å². The number of allylic oxidation sites excluding steroid dienone is 5. The second-order valence-corrected chi connectivity index (χ2v) is 9.45. The van der Waals surface area contributed by atoms with Crippen LogP contribution >= 0.6 is 0 Å². The Kier molecular flexibility index (Phi) is 7.53. The average molecular weight is 503 g/mol. The molecular formula is C37H30N2. The predicted molar refractivity (Wildman–Crippen MR) is 166 cm³/mol. The van der Waals surface area contributed by atoms with Gasteiger partial charge in [-0.3, -0.25) is 0 Å². The summed E-state index contributed by atoms with van der Waals surface area (Å²) in [4.78, 5) is 0. The molecule has 4 aromatic carbocycles. The SMILES string of the molecule is C=C/C(=C\c1c(C)c2ccc(-c3cccc(C(=C)/C=C\CC#N)c3)cc2n1-c1ccccc1)c1ccccc1. The van der Waals surface area contributed by atoms with E-state index >= 15 is 0 Å². The van der Waals surface area contributed by atoms with Crippen molar-refractivity contribution in [2.24, 2.45) is 0 Å². The first-order valence-electron chi connectivity index (χ1n) is 13.0. The summed E-state index contributed by atoms with van der Waals surface area (Å²) in [6, 6.07) is 38.1. The molecule has 0 aliphatic carbocycles. The van der Waals surface area contributed by atoms with Crippen LogP contribution in [-0.2, 0) is 0 Å². The minimum atomic E-state index is 0.375. The molecule has 0 radical (unpaired) electrons. The van der Waals surface area contributed by atoms with Gasteiger partial charge in [-0.05, 0) is 76.2 Å². The molecule has 0 spiro atoms. The van der Waals surface area contributed by atoms with Crippen molar-refractivity contribution in [1.29, 1.82) is 5.26 Å². The van der Waals surface area contributed by atoms with Gasteiger partial charge in [0.1, 0.15) is 0 Å². The van der Waals surface area contributed by atoms with Gasteiger partial charge in [-0.1, -0.05) is 110 Å². The highest BCUT2D eigenvalue weighted by Gasteiger charge is 2.16. The van der Waals surface area contributed by atoms with Gasteiger partial charge in [0.2, 0.25) is 0 Å². The fourth-order valence-corrected chi connectivity index (χ4v) is 4.96. The molecule has 1 aromatic heterocycles. The lowest BCUT2D eigenvalue weighted by atomic mass is 9.98. The largest absolute Gasteiger partial charge is 0.310 e. The van der Waals surface area contributed by atoms with Crippen molar-refractivity contribution in [2.75, 3.05) is 0 Å². The molecule has 5 rings (SSSR count). The molecule has 0 atom stereocenters. The van der Waals surface area contributed by atoms with Gasteiger partial charge in [-0.2, -0.15) is 5.26 Å². The first-order valence-corrected chi connectivity index (χ1v) is 13.0. The van der Waals surface area contributed by atoms with Crippen molar-refractivity contribution in [1.82, 2.24) is 4.57 Å². The van der Waals surface area contributed by atoms with Gasteiger partial charge in [-0.25, -0.2) is 0 Å². The van der Waals surface area contributed by atoms with Crippen LogP contribution in [0.1, 0.15) is 28.8 Å². The number of para-hydroxylation sites is 1. The van der Waals surface area contributed by atoms with Crippen molar-refractivity contribution in [3.05, 3.63) is 157 Å². The van der Waals surface area contributed by atoms with E-state index in [0.29, 0.717) is 6.42 Å². The number of nitrogens with zero attached hydrogens (tertiary/aromatic N) is 2. The molecule has 0 aliphatic heterocycles. The molecule has 0 saturated heterocycles. The van der Waals surface area contributed by atoms with E-state index in [0.717, 1.165) is 50.3 Å². The topological polar surface area (TPSA) is 28.7 Å². The molecule has 39 heavy (non-hydrogen) atoms. The molecule has 5 aromatic rings. The van der Waals surface area contributed by atoms with E-state index in [1.807, 2.05) is 30.4 Å². The van der Waals surface area contributed by atoms with Crippen molar-refractivity contribution in [2.45, 2.75) is 13.3 Å². The maximum atomic E-state index is 8.83. The zero-order chi connectivity index (χ0) is 27.2. The van der Waals surface area contributed by atoms with Gasteiger partial charge < -0.3 is 4.57 Å². The Morgan fingerprint density at radius 3 is 2.26 bits per heavy atom. The van der Waals surface area contributed by atoms with Crippen LogP contribution in [0.5, 0.6) is 0 Å². The van der Waals surface area contributed by atoms with Gasteiger partial charge in [-0.15, -0.1) is 0 Å². The van der Waals surface area contributed by atoms with E-state index in [9.17, 15) is 0 Å². The maximum Gasteiger partial charge on any atom is 0.0663 e. The molecule has 188 valence electrons. The van der Waals surface area contributed by atoms with E-state index in [4.69, 9.17) is 5.26 Å². The summed E-state index contributed by atoms with van der Waals surface area (Å²) in [5.41, 5.74) is 11.0. The summed E-state index contributed by atoms with van der Waals surface area (Å²) in [6.07, 6.45) is 8.30. The van der Waals surface area contributed by atoms with Crippen LogP contribution in [-0.4, -0.2) is 4.57 Å². The fraction of sp³-hybridized carbons (Fsp3) is 0.0541. The lowest BCUT2D eigenvalue weighted by molar-refractivity contribution is 1.10. The number of benzene rings is 4. The molecule has 0 amide bonds.